The molecular formula is C18H22F3N5O. The maximum absolute atomic E-state index is 12.2. The fraction of sp³-hybridized carbons (Fsp3) is 0.444. The molecular weight excluding hydrogens is 359 g/mol. The molecule has 2 heterocycles. The van der Waals surface area contributed by atoms with E-state index in [-0.39, 0.29) is 11.8 Å². The van der Waals surface area contributed by atoms with Gasteiger partial charge in [0, 0.05) is 46.0 Å². The van der Waals surface area contributed by atoms with Crippen molar-refractivity contribution >= 4 is 11.8 Å². The molecule has 0 aliphatic carbocycles. The minimum Gasteiger partial charge on any atom is -0.406 e. The van der Waals surface area contributed by atoms with Gasteiger partial charge in [0.1, 0.15) is 11.6 Å². The number of hydrogen-bond acceptors (Lipinski definition) is 6. The summed E-state index contributed by atoms with van der Waals surface area (Å²) in [7, 11) is 3.78. The molecule has 0 bridgehead atoms. The lowest BCUT2D eigenvalue weighted by Gasteiger charge is -2.18. The second kappa shape index (κ2) is 7.99. The van der Waals surface area contributed by atoms with E-state index in [9.17, 15) is 13.2 Å². The average Bonchev–Trinajstić information content (AvgIpc) is 3.02. The van der Waals surface area contributed by atoms with E-state index in [4.69, 9.17) is 0 Å². The van der Waals surface area contributed by atoms with Crippen molar-refractivity contribution in [2.75, 3.05) is 37.4 Å². The highest BCUT2D eigenvalue weighted by Gasteiger charge is 2.31. The van der Waals surface area contributed by atoms with Crippen LogP contribution in [0.5, 0.6) is 5.75 Å². The summed E-state index contributed by atoms with van der Waals surface area (Å²) in [6, 6.07) is 8.12. The molecule has 1 atom stereocenters. The minimum absolute atomic E-state index is 0.201. The molecule has 0 saturated carbocycles. The third kappa shape index (κ3) is 5.72. The van der Waals surface area contributed by atoms with Crippen molar-refractivity contribution in [3.63, 3.8) is 0 Å². The number of aromatic nitrogens is 2. The number of hydrogen-bond donors (Lipinski definition) is 1. The van der Waals surface area contributed by atoms with Crippen LogP contribution in [0, 0.1) is 0 Å². The summed E-state index contributed by atoms with van der Waals surface area (Å²) in [4.78, 5) is 12.8. The lowest BCUT2D eigenvalue weighted by Crippen LogP contribution is -2.26. The van der Waals surface area contributed by atoms with Gasteiger partial charge in [-0.15, -0.1) is 13.2 Å². The molecule has 146 valence electrons. The standard InChI is InChI=1S/C18H22F3N5O/c1-25(2)17-22-9-7-16(24-17)23-14-8-10-26(12-14)11-13-3-5-15(6-4-13)27-18(19,20)21/h3-7,9,14H,8,10-12H2,1-2H3,(H,22,23,24). The van der Waals surface area contributed by atoms with Gasteiger partial charge in [0.2, 0.25) is 5.95 Å². The van der Waals surface area contributed by atoms with E-state index in [0.717, 1.165) is 30.9 Å². The van der Waals surface area contributed by atoms with Crippen LogP contribution >= 0.6 is 0 Å². The molecule has 6 nitrogen and oxygen atoms in total. The van der Waals surface area contributed by atoms with Crippen LogP contribution in [0.2, 0.25) is 0 Å². The molecule has 2 aromatic rings. The maximum atomic E-state index is 12.2. The Balaban J connectivity index is 1.52. The normalized spacial score (nSPS) is 17.7. The van der Waals surface area contributed by atoms with E-state index in [1.165, 1.54) is 12.1 Å². The number of ether oxygens (including phenoxy) is 1. The highest BCUT2D eigenvalue weighted by atomic mass is 19.4. The zero-order valence-electron chi connectivity index (χ0n) is 15.2. The predicted molar refractivity (Wildman–Crippen MR) is 96.8 cm³/mol. The van der Waals surface area contributed by atoms with Gasteiger partial charge in [0.25, 0.3) is 0 Å². The first-order chi connectivity index (χ1) is 12.8. The molecule has 27 heavy (non-hydrogen) atoms. The largest absolute Gasteiger partial charge is 0.573 e. The molecule has 0 spiro atoms. The monoisotopic (exact) mass is 381 g/mol. The van der Waals surface area contributed by atoms with Gasteiger partial charge in [0.05, 0.1) is 0 Å². The second-order valence-corrected chi connectivity index (χ2v) is 6.69. The van der Waals surface area contributed by atoms with E-state index >= 15 is 0 Å². The van der Waals surface area contributed by atoms with Crippen molar-refractivity contribution < 1.29 is 17.9 Å². The van der Waals surface area contributed by atoms with E-state index in [0.29, 0.717) is 12.5 Å². The van der Waals surface area contributed by atoms with Gasteiger partial charge in [-0.25, -0.2) is 4.98 Å². The minimum atomic E-state index is -4.66. The number of nitrogens with zero attached hydrogens (tertiary/aromatic N) is 4. The van der Waals surface area contributed by atoms with Gasteiger partial charge in [-0.05, 0) is 30.2 Å². The van der Waals surface area contributed by atoms with E-state index in [1.807, 2.05) is 25.1 Å². The van der Waals surface area contributed by atoms with Gasteiger partial charge in [0.15, 0.2) is 0 Å². The van der Waals surface area contributed by atoms with Gasteiger partial charge < -0.3 is 15.0 Å². The Morgan fingerprint density at radius 2 is 1.96 bits per heavy atom. The number of anilines is 2. The SMILES string of the molecule is CN(C)c1nccc(NC2CCN(Cc3ccc(OC(F)(F)F)cc3)C2)n1. The first-order valence-corrected chi connectivity index (χ1v) is 8.62. The maximum Gasteiger partial charge on any atom is 0.573 e. The topological polar surface area (TPSA) is 53.5 Å². The van der Waals surface area contributed by atoms with Crippen molar-refractivity contribution in [1.82, 2.24) is 14.9 Å². The van der Waals surface area contributed by atoms with Crippen LogP contribution in [-0.2, 0) is 6.54 Å². The fourth-order valence-electron chi connectivity index (χ4n) is 3.00. The Kier molecular flexibility index (Phi) is 5.69. The van der Waals surface area contributed by atoms with E-state index in [1.54, 1.807) is 18.3 Å². The molecule has 1 aliphatic heterocycles. The van der Waals surface area contributed by atoms with Crippen molar-refractivity contribution in [3.8, 4) is 5.75 Å². The third-order valence-corrected chi connectivity index (χ3v) is 4.23. The zero-order chi connectivity index (χ0) is 19.4. The fourth-order valence-corrected chi connectivity index (χ4v) is 3.00. The molecule has 1 fully saturated rings. The van der Waals surface area contributed by atoms with Crippen LogP contribution in [0.4, 0.5) is 24.9 Å². The first-order valence-electron chi connectivity index (χ1n) is 8.62. The molecule has 1 aliphatic rings. The first kappa shape index (κ1) is 19.2. The number of halogens is 3. The van der Waals surface area contributed by atoms with Gasteiger partial charge in [-0.3, -0.25) is 4.90 Å². The number of benzene rings is 1. The zero-order valence-corrected chi connectivity index (χ0v) is 15.2. The summed E-state index contributed by atoms with van der Waals surface area (Å²) in [5.74, 6) is 1.23. The Bertz CT molecular complexity index is 751. The Morgan fingerprint density at radius 1 is 1.22 bits per heavy atom. The quantitative estimate of drug-likeness (QED) is 0.830. The number of rotatable bonds is 6. The molecule has 1 unspecified atom stereocenters. The molecule has 1 N–H and O–H groups in total. The van der Waals surface area contributed by atoms with Crippen molar-refractivity contribution in [1.29, 1.82) is 0 Å². The molecule has 9 heteroatoms. The Labute approximate surface area is 156 Å². The summed E-state index contributed by atoms with van der Waals surface area (Å²) in [5, 5.41) is 3.42. The number of likely N-dealkylation sites (tertiary alicyclic amines) is 1. The summed E-state index contributed by atoms with van der Waals surface area (Å²) in [6.07, 6.45) is -1.97. The Morgan fingerprint density at radius 3 is 2.63 bits per heavy atom. The highest BCUT2D eigenvalue weighted by molar-refractivity contribution is 5.41. The van der Waals surface area contributed by atoms with Crippen LogP contribution in [-0.4, -0.2) is 54.5 Å². The number of alkyl halides is 3. The summed E-state index contributed by atoms with van der Waals surface area (Å²) >= 11 is 0. The van der Waals surface area contributed by atoms with E-state index in [2.05, 4.69) is 24.9 Å². The van der Waals surface area contributed by atoms with E-state index < -0.39 is 6.36 Å². The van der Waals surface area contributed by atoms with Crippen molar-refractivity contribution in [3.05, 3.63) is 42.1 Å². The lowest BCUT2D eigenvalue weighted by molar-refractivity contribution is -0.274. The highest BCUT2D eigenvalue weighted by Crippen LogP contribution is 2.24. The smallest absolute Gasteiger partial charge is 0.406 e. The lowest BCUT2D eigenvalue weighted by atomic mass is 10.2. The van der Waals surface area contributed by atoms with Crippen molar-refractivity contribution in [2.24, 2.45) is 0 Å². The van der Waals surface area contributed by atoms with Crippen molar-refractivity contribution in [2.45, 2.75) is 25.4 Å². The number of nitrogens with one attached hydrogen (secondary N) is 1. The van der Waals surface area contributed by atoms with Crippen LogP contribution in [0.3, 0.4) is 0 Å². The van der Waals surface area contributed by atoms with Crippen LogP contribution in [0.25, 0.3) is 0 Å². The summed E-state index contributed by atoms with van der Waals surface area (Å²) < 4.78 is 40.5. The molecule has 0 radical (unpaired) electrons. The molecule has 1 saturated heterocycles. The van der Waals surface area contributed by atoms with Crippen LogP contribution < -0.4 is 15.0 Å². The molecule has 1 aromatic heterocycles. The second-order valence-electron chi connectivity index (χ2n) is 6.69. The van der Waals surface area contributed by atoms with Gasteiger partial charge in [-0.1, -0.05) is 12.1 Å². The summed E-state index contributed by atoms with van der Waals surface area (Å²) in [5.41, 5.74) is 0.946. The van der Waals surface area contributed by atoms with Gasteiger partial charge >= 0.3 is 6.36 Å². The molecule has 1 aromatic carbocycles. The van der Waals surface area contributed by atoms with Crippen LogP contribution in [0.1, 0.15) is 12.0 Å². The average molecular weight is 381 g/mol. The third-order valence-electron chi connectivity index (χ3n) is 4.23. The molecule has 0 amide bonds. The predicted octanol–water partition coefficient (Wildman–Crippen LogP) is 3.13. The summed E-state index contributed by atoms with van der Waals surface area (Å²) in [6.45, 7) is 2.42. The van der Waals surface area contributed by atoms with Gasteiger partial charge in [-0.2, -0.15) is 4.98 Å². The van der Waals surface area contributed by atoms with Crippen LogP contribution in [0.15, 0.2) is 36.5 Å². The molecule has 3 rings (SSSR count). The Hall–Kier alpha value is -2.55.